The van der Waals surface area contributed by atoms with E-state index in [1.54, 1.807) is 0 Å². The van der Waals surface area contributed by atoms with Crippen LogP contribution in [0.4, 0.5) is 0 Å². The topological polar surface area (TPSA) is 46.2 Å². The third kappa shape index (κ3) is 2.70. The van der Waals surface area contributed by atoms with Crippen molar-refractivity contribution in [2.24, 2.45) is 11.8 Å². The fourth-order valence-corrected chi connectivity index (χ4v) is 4.36. The van der Waals surface area contributed by atoms with Gasteiger partial charge in [-0.15, -0.1) is 0 Å². The number of sulfone groups is 1. The molecule has 1 N–H and O–H groups in total. The molecule has 0 bridgehead atoms. The highest BCUT2D eigenvalue weighted by Gasteiger charge is 2.33. The van der Waals surface area contributed by atoms with Crippen LogP contribution in [-0.2, 0) is 9.84 Å². The molecule has 0 spiro atoms. The molecule has 0 aromatic carbocycles. The maximum atomic E-state index is 11.3. The first kappa shape index (κ1) is 12.0. The van der Waals surface area contributed by atoms with Crippen LogP contribution in [0.2, 0.25) is 0 Å². The van der Waals surface area contributed by atoms with Crippen molar-refractivity contribution in [3.63, 3.8) is 0 Å². The molecule has 0 radical (unpaired) electrons. The minimum absolute atomic E-state index is 0.359. The number of nitrogens with one attached hydrogen (secondary N) is 1. The van der Waals surface area contributed by atoms with Crippen molar-refractivity contribution in [3.05, 3.63) is 0 Å². The van der Waals surface area contributed by atoms with Gasteiger partial charge < -0.3 is 5.32 Å². The molecule has 1 rings (SSSR count). The summed E-state index contributed by atoms with van der Waals surface area (Å²) >= 11 is 0. The Morgan fingerprint density at radius 3 is 2.50 bits per heavy atom. The van der Waals surface area contributed by atoms with Crippen molar-refractivity contribution < 1.29 is 8.42 Å². The summed E-state index contributed by atoms with van der Waals surface area (Å²) < 4.78 is 22.6. The molecule has 0 aromatic rings. The van der Waals surface area contributed by atoms with Crippen LogP contribution in [0.1, 0.15) is 26.7 Å². The molecule has 1 fully saturated rings. The zero-order valence-corrected chi connectivity index (χ0v) is 10.1. The Kier molecular flexibility index (Phi) is 3.95. The SMILES string of the molecule is CCC(NC)C(C)C1CCS(=O)(=O)C1. The summed E-state index contributed by atoms with van der Waals surface area (Å²) in [6.45, 7) is 4.30. The molecule has 3 nitrogen and oxygen atoms in total. The molecule has 0 saturated carbocycles. The Labute approximate surface area is 87.2 Å². The third-order valence-electron chi connectivity index (χ3n) is 3.46. The van der Waals surface area contributed by atoms with Gasteiger partial charge >= 0.3 is 0 Å². The minimum Gasteiger partial charge on any atom is -0.317 e. The molecule has 1 aliphatic rings. The van der Waals surface area contributed by atoms with Crippen molar-refractivity contribution in [2.75, 3.05) is 18.6 Å². The molecule has 1 aliphatic heterocycles. The normalized spacial score (nSPS) is 30.1. The zero-order chi connectivity index (χ0) is 10.8. The highest BCUT2D eigenvalue weighted by atomic mass is 32.2. The quantitative estimate of drug-likeness (QED) is 0.769. The predicted octanol–water partition coefficient (Wildman–Crippen LogP) is 1.06. The van der Waals surface area contributed by atoms with Crippen LogP contribution in [0.3, 0.4) is 0 Å². The molecule has 4 heteroatoms. The van der Waals surface area contributed by atoms with Gasteiger partial charge in [0.1, 0.15) is 0 Å². The molecule has 0 aromatic heterocycles. The summed E-state index contributed by atoms with van der Waals surface area (Å²) in [6, 6.07) is 0.452. The largest absolute Gasteiger partial charge is 0.317 e. The fraction of sp³-hybridized carbons (Fsp3) is 1.00. The van der Waals surface area contributed by atoms with Gasteiger partial charge in [0.05, 0.1) is 11.5 Å². The van der Waals surface area contributed by atoms with Gasteiger partial charge in [0.2, 0.25) is 0 Å². The molecule has 0 amide bonds. The van der Waals surface area contributed by atoms with Crippen LogP contribution in [0.5, 0.6) is 0 Å². The molecule has 3 atom stereocenters. The highest BCUT2D eigenvalue weighted by molar-refractivity contribution is 7.91. The maximum absolute atomic E-state index is 11.3. The lowest BCUT2D eigenvalue weighted by molar-refractivity contribution is 0.292. The summed E-state index contributed by atoms with van der Waals surface area (Å²) in [7, 11) is -0.766. The lowest BCUT2D eigenvalue weighted by atomic mass is 9.86. The van der Waals surface area contributed by atoms with E-state index in [9.17, 15) is 8.42 Å². The Hall–Kier alpha value is -0.0900. The van der Waals surface area contributed by atoms with E-state index in [0.29, 0.717) is 29.4 Å². The van der Waals surface area contributed by atoms with Gasteiger partial charge in [0, 0.05) is 6.04 Å². The molecule has 3 unspecified atom stereocenters. The molecule has 1 heterocycles. The van der Waals surface area contributed by atoms with Crippen LogP contribution >= 0.6 is 0 Å². The molecule has 0 aliphatic carbocycles. The summed E-state index contributed by atoms with van der Waals surface area (Å²) in [6.07, 6.45) is 1.91. The lowest BCUT2D eigenvalue weighted by Crippen LogP contribution is -2.36. The van der Waals surface area contributed by atoms with Gasteiger partial charge in [-0.3, -0.25) is 0 Å². The summed E-state index contributed by atoms with van der Waals surface area (Å²) in [5, 5.41) is 3.26. The van der Waals surface area contributed by atoms with Crippen LogP contribution in [0.25, 0.3) is 0 Å². The zero-order valence-electron chi connectivity index (χ0n) is 9.29. The van der Waals surface area contributed by atoms with Gasteiger partial charge in [-0.05, 0) is 31.7 Å². The maximum Gasteiger partial charge on any atom is 0.150 e. The minimum atomic E-state index is -2.72. The average molecular weight is 219 g/mol. The van der Waals surface area contributed by atoms with Gasteiger partial charge in [-0.1, -0.05) is 13.8 Å². The lowest BCUT2D eigenvalue weighted by Gasteiger charge is -2.26. The van der Waals surface area contributed by atoms with E-state index in [1.807, 2.05) is 7.05 Å². The first-order chi connectivity index (χ1) is 6.50. The van der Waals surface area contributed by atoms with Crippen molar-refractivity contribution in [1.29, 1.82) is 0 Å². The van der Waals surface area contributed by atoms with Crippen molar-refractivity contribution in [1.82, 2.24) is 5.32 Å². The first-order valence-corrected chi connectivity index (χ1v) is 7.20. The van der Waals surface area contributed by atoms with Crippen molar-refractivity contribution in [3.8, 4) is 0 Å². The molecule has 84 valence electrons. The molecular weight excluding hydrogens is 198 g/mol. The fourth-order valence-electron chi connectivity index (χ4n) is 2.41. The Morgan fingerprint density at radius 1 is 1.50 bits per heavy atom. The summed E-state index contributed by atoms with van der Waals surface area (Å²) in [5.41, 5.74) is 0. The Morgan fingerprint density at radius 2 is 2.14 bits per heavy atom. The molecular formula is C10H21NO2S. The predicted molar refractivity (Wildman–Crippen MR) is 59.1 cm³/mol. The number of rotatable bonds is 4. The van der Waals surface area contributed by atoms with Crippen molar-refractivity contribution >= 4 is 9.84 Å². The first-order valence-electron chi connectivity index (χ1n) is 5.38. The van der Waals surface area contributed by atoms with E-state index in [4.69, 9.17) is 0 Å². The summed E-state index contributed by atoms with van der Waals surface area (Å²) in [5.74, 6) is 1.61. The van der Waals surface area contributed by atoms with E-state index < -0.39 is 9.84 Å². The van der Waals surface area contributed by atoms with E-state index in [0.717, 1.165) is 12.8 Å². The van der Waals surface area contributed by atoms with E-state index in [1.165, 1.54) is 0 Å². The van der Waals surface area contributed by atoms with Gasteiger partial charge in [0.25, 0.3) is 0 Å². The monoisotopic (exact) mass is 219 g/mol. The second kappa shape index (κ2) is 4.62. The van der Waals surface area contributed by atoms with E-state index >= 15 is 0 Å². The number of hydrogen-bond donors (Lipinski definition) is 1. The van der Waals surface area contributed by atoms with Crippen LogP contribution in [0.15, 0.2) is 0 Å². The van der Waals surface area contributed by atoms with Gasteiger partial charge in [-0.25, -0.2) is 8.42 Å². The van der Waals surface area contributed by atoms with Gasteiger partial charge in [0.15, 0.2) is 9.84 Å². The molecule has 1 saturated heterocycles. The Bertz CT molecular complexity index is 270. The van der Waals surface area contributed by atoms with Gasteiger partial charge in [-0.2, -0.15) is 0 Å². The average Bonchev–Trinajstić information content (AvgIpc) is 2.48. The number of hydrogen-bond acceptors (Lipinski definition) is 3. The van der Waals surface area contributed by atoms with Crippen LogP contribution in [-0.4, -0.2) is 33.0 Å². The smallest absolute Gasteiger partial charge is 0.150 e. The highest BCUT2D eigenvalue weighted by Crippen LogP contribution is 2.28. The van der Waals surface area contributed by atoms with Crippen LogP contribution < -0.4 is 5.32 Å². The second-order valence-corrected chi connectivity index (χ2v) is 6.55. The van der Waals surface area contributed by atoms with E-state index in [-0.39, 0.29) is 0 Å². The molecule has 14 heavy (non-hydrogen) atoms. The van der Waals surface area contributed by atoms with Crippen molar-refractivity contribution in [2.45, 2.75) is 32.7 Å². The standard InChI is InChI=1S/C10H21NO2S/c1-4-10(11-3)8(2)9-5-6-14(12,13)7-9/h8-11H,4-7H2,1-3H3. The van der Waals surface area contributed by atoms with E-state index in [2.05, 4.69) is 19.2 Å². The van der Waals surface area contributed by atoms with Crippen LogP contribution in [0, 0.1) is 11.8 Å². The third-order valence-corrected chi connectivity index (χ3v) is 5.25. The second-order valence-electron chi connectivity index (χ2n) is 4.33. The summed E-state index contributed by atoms with van der Waals surface area (Å²) in [4.78, 5) is 0. The Balaban J connectivity index is 2.58.